The summed E-state index contributed by atoms with van der Waals surface area (Å²) in [6.45, 7) is 1.96. The Bertz CT molecular complexity index is 744. The summed E-state index contributed by atoms with van der Waals surface area (Å²) in [5.41, 5.74) is 5.40. The maximum Gasteiger partial charge on any atom is 0.272 e. The van der Waals surface area contributed by atoms with Crippen molar-refractivity contribution in [3.8, 4) is 0 Å². The molecular weight excluding hydrogens is 333 g/mol. The van der Waals surface area contributed by atoms with Crippen LogP contribution in [0, 0.1) is 0 Å². The summed E-state index contributed by atoms with van der Waals surface area (Å²) < 4.78 is 0. The molecule has 0 aliphatic rings. The molecule has 4 nitrogen and oxygen atoms in total. The van der Waals surface area contributed by atoms with Crippen LogP contribution in [0.4, 0.5) is 5.69 Å². The Morgan fingerprint density at radius 2 is 1.87 bits per heavy atom. The molecule has 23 heavy (non-hydrogen) atoms. The lowest BCUT2D eigenvalue weighted by Gasteiger charge is -2.11. The van der Waals surface area contributed by atoms with Gasteiger partial charge in [0.05, 0.1) is 16.3 Å². The van der Waals surface area contributed by atoms with E-state index in [1.165, 1.54) is 0 Å². The summed E-state index contributed by atoms with van der Waals surface area (Å²) in [5.74, 6) is -0.352. The highest BCUT2D eigenvalue weighted by Gasteiger charge is 2.11. The maximum absolute atomic E-state index is 12.2. The molecule has 120 valence electrons. The Balaban J connectivity index is 2.28. The Morgan fingerprint density at radius 1 is 1.13 bits per heavy atom. The average molecular weight is 350 g/mol. The molecule has 0 spiro atoms. The van der Waals surface area contributed by atoms with Gasteiger partial charge in [-0.2, -0.15) is 5.10 Å². The minimum atomic E-state index is -0.352. The molecule has 0 bridgehead atoms. The molecule has 0 saturated carbocycles. The van der Waals surface area contributed by atoms with Crippen LogP contribution in [0.5, 0.6) is 0 Å². The monoisotopic (exact) mass is 349 g/mol. The normalized spacial score (nSPS) is 11.2. The second-order valence-corrected chi connectivity index (χ2v) is 5.62. The summed E-state index contributed by atoms with van der Waals surface area (Å²) in [7, 11) is 1.82. The third-order valence-corrected chi connectivity index (χ3v) is 3.87. The van der Waals surface area contributed by atoms with E-state index in [4.69, 9.17) is 23.2 Å². The average Bonchev–Trinajstić information content (AvgIpc) is 2.56. The van der Waals surface area contributed by atoms with Gasteiger partial charge in [-0.1, -0.05) is 42.3 Å². The molecule has 0 aromatic heterocycles. The number of carbonyl (C=O) groups is 1. The molecular formula is C17H17Cl2N3O. The highest BCUT2D eigenvalue weighted by Crippen LogP contribution is 2.22. The summed E-state index contributed by atoms with van der Waals surface area (Å²) >= 11 is 12.1. The van der Waals surface area contributed by atoms with E-state index in [2.05, 4.69) is 15.8 Å². The zero-order valence-electron chi connectivity index (χ0n) is 12.9. The first-order valence-electron chi connectivity index (χ1n) is 7.16. The smallest absolute Gasteiger partial charge is 0.272 e. The Labute approximate surface area is 145 Å². The van der Waals surface area contributed by atoms with Crippen molar-refractivity contribution in [3.63, 3.8) is 0 Å². The largest absolute Gasteiger partial charge is 0.388 e. The van der Waals surface area contributed by atoms with Gasteiger partial charge in [0.15, 0.2) is 0 Å². The molecule has 2 N–H and O–H groups in total. The van der Waals surface area contributed by atoms with Gasteiger partial charge in [-0.15, -0.1) is 0 Å². The molecule has 0 aliphatic heterocycles. The maximum atomic E-state index is 12.2. The van der Waals surface area contributed by atoms with E-state index in [1.54, 1.807) is 30.3 Å². The lowest BCUT2D eigenvalue weighted by atomic mass is 10.1. The van der Waals surface area contributed by atoms with Crippen molar-refractivity contribution in [2.75, 3.05) is 12.4 Å². The van der Waals surface area contributed by atoms with Crippen LogP contribution in [0.2, 0.25) is 10.0 Å². The number of nitrogens with one attached hydrogen (secondary N) is 2. The van der Waals surface area contributed by atoms with Gasteiger partial charge in [0.1, 0.15) is 0 Å². The molecule has 0 aliphatic carbocycles. The molecule has 0 radical (unpaired) electrons. The van der Waals surface area contributed by atoms with Gasteiger partial charge in [0.2, 0.25) is 0 Å². The van der Waals surface area contributed by atoms with Crippen molar-refractivity contribution >= 4 is 40.5 Å². The van der Waals surface area contributed by atoms with Gasteiger partial charge >= 0.3 is 0 Å². The molecule has 0 atom stereocenters. The number of hydrazone groups is 1. The highest BCUT2D eigenvalue weighted by atomic mass is 35.5. The van der Waals surface area contributed by atoms with E-state index in [9.17, 15) is 4.79 Å². The number of hydrogen-bond donors (Lipinski definition) is 2. The quantitative estimate of drug-likeness (QED) is 0.613. The fraction of sp³-hybridized carbons (Fsp3) is 0.176. The molecule has 1 amide bonds. The van der Waals surface area contributed by atoms with Crippen LogP contribution >= 0.6 is 23.2 Å². The number of halogens is 2. The number of anilines is 1. The minimum absolute atomic E-state index is 0.352. The van der Waals surface area contributed by atoms with E-state index >= 15 is 0 Å². The summed E-state index contributed by atoms with van der Waals surface area (Å²) in [6, 6.07) is 12.3. The highest BCUT2D eigenvalue weighted by molar-refractivity contribution is 6.33. The van der Waals surface area contributed by atoms with Crippen molar-refractivity contribution in [3.05, 3.63) is 63.6 Å². The van der Waals surface area contributed by atoms with Gasteiger partial charge in [-0.3, -0.25) is 4.79 Å². The zero-order valence-corrected chi connectivity index (χ0v) is 14.4. The van der Waals surface area contributed by atoms with Gasteiger partial charge in [-0.25, -0.2) is 5.43 Å². The minimum Gasteiger partial charge on any atom is -0.388 e. The van der Waals surface area contributed by atoms with Crippen LogP contribution in [0.15, 0.2) is 47.6 Å². The lowest BCUT2D eigenvalue weighted by Crippen LogP contribution is -2.20. The van der Waals surface area contributed by atoms with E-state index in [0.717, 1.165) is 17.0 Å². The third kappa shape index (κ3) is 4.24. The first-order chi connectivity index (χ1) is 11.1. The van der Waals surface area contributed by atoms with Crippen LogP contribution in [0.3, 0.4) is 0 Å². The van der Waals surface area contributed by atoms with Crippen LogP contribution < -0.4 is 10.7 Å². The molecule has 2 aromatic carbocycles. The van der Waals surface area contributed by atoms with Crippen LogP contribution in [0.25, 0.3) is 0 Å². The van der Waals surface area contributed by atoms with Crippen molar-refractivity contribution < 1.29 is 4.79 Å². The number of rotatable bonds is 5. The number of carbonyl (C=O) groups excluding carboxylic acids is 1. The van der Waals surface area contributed by atoms with Crippen LogP contribution in [0.1, 0.15) is 29.3 Å². The number of hydrogen-bond acceptors (Lipinski definition) is 3. The number of amides is 1. The fourth-order valence-corrected chi connectivity index (χ4v) is 2.52. The zero-order chi connectivity index (χ0) is 16.8. The SMILES string of the molecule is CC/C(=N/NC(=O)c1ccccc1Cl)c1cc(Cl)ccc1NC. The van der Waals surface area contributed by atoms with Gasteiger partial charge < -0.3 is 5.32 Å². The topological polar surface area (TPSA) is 53.5 Å². The van der Waals surface area contributed by atoms with E-state index in [0.29, 0.717) is 22.0 Å². The molecule has 2 aromatic rings. The molecule has 0 saturated heterocycles. The van der Waals surface area contributed by atoms with Crippen LogP contribution in [-0.4, -0.2) is 18.7 Å². The Hall–Kier alpha value is -2.04. The van der Waals surface area contributed by atoms with E-state index in [-0.39, 0.29) is 5.91 Å². The van der Waals surface area contributed by atoms with Crippen molar-refractivity contribution in [2.24, 2.45) is 5.10 Å². The predicted octanol–water partition coefficient (Wildman–Crippen LogP) is 4.58. The second kappa shape index (κ2) is 7.99. The van der Waals surface area contributed by atoms with E-state index in [1.807, 2.05) is 26.1 Å². The van der Waals surface area contributed by atoms with Crippen LogP contribution in [-0.2, 0) is 0 Å². The standard InChI is InChI=1S/C17H17Cl2N3O/c1-3-15(13-10-11(18)8-9-16(13)20-2)21-22-17(23)12-6-4-5-7-14(12)19/h4-10,20H,3H2,1-2H3,(H,22,23)/b21-15-. The molecule has 0 fully saturated rings. The first-order valence-corrected chi connectivity index (χ1v) is 7.91. The summed E-state index contributed by atoms with van der Waals surface area (Å²) in [5, 5.41) is 8.33. The second-order valence-electron chi connectivity index (χ2n) is 4.77. The molecule has 2 rings (SSSR count). The Morgan fingerprint density at radius 3 is 2.52 bits per heavy atom. The van der Waals surface area contributed by atoms with Gasteiger partial charge in [0, 0.05) is 23.3 Å². The fourth-order valence-electron chi connectivity index (χ4n) is 2.13. The van der Waals surface area contributed by atoms with Crippen molar-refractivity contribution in [1.29, 1.82) is 0 Å². The van der Waals surface area contributed by atoms with Gasteiger partial charge in [-0.05, 0) is 36.8 Å². The predicted molar refractivity (Wildman–Crippen MR) is 96.7 cm³/mol. The third-order valence-electron chi connectivity index (χ3n) is 3.31. The van der Waals surface area contributed by atoms with Crippen molar-refractivity contribution in [2.45, 2.75) is 13.3 Å². The molecule has 6 heteroatoms. The van der Waals surface area contributed by atoms with Gasteiger partial charge in [0.25, 0.3) is 5.91 Å². The number of benzene rings is 2. The summed E-state index contributed by atoms with van der Waals surface area (Å²) in [6.07, 6.45) is 0.637. The van der Waals surface area contributed by atoms with E-state index < -0.39 is 0 Å². The molecule has 0 unspecified atom stereocenters. The van der Waals surface area contributed by atoms with Crippen molar-refractivity contribution in [1.82, 2.24) is 5.43 Å². The first kappa shape index (κ1) is 17.3. The Kier molecular flexibility index (Phi) is 6.02. The summed E-state index contributed by atoms with van der Waals surface area (Å²) in [4.78, 5) is 12.2. The lowest BCUT2D eigenvalue weighted by molar-refractivity contribution is 0.0955. The number of nitrogens with zero attached hydrogens (tertiary/aromatic N) is 1. The molecule has 0 heterocycles.